The molecule has 2 aliphatic heterocycles. The van der Waals surface area contributed by atoms with Crippen LogP contribution in [0, 0.1) is 5.92 Å². The van der Waals surface area contributed by atoms with Crippen molar-refractivity contribution in [1.29, 1.82) is 0 Å². The molecule has 2 aliphatic rings. The number of nitrogens with zero attached hydrogens (tertiary/aromatic N) is 1. The van der Waals surface area contributed by atoms with E-state index in [0.29, 0.717) is 6.61 Å². The molecule has 2 rings (SSSR count). The van der Waals surface area contributed by atoms with Crippen molar-refractivity contribution in [2.75, 3.05) is 19.7 Å². The Kier molecular flexibility index (Phi) is 2.66. The highest BCUT2D eigenvalue weighted by molar-refractivity contribution is 4.86. The van der Waals surface area contributed by atoms with Gasteiger partial charge in [-0.15, -0.1) is 0 Å². The molecule has 0 unspecified atom stereocenters. The van der Waals surface area contributed by atoms with Crippen LogP contribution in [0.5, 0.6) is 0 Å². The van der Waals surface area contributed by atoms with E-state index >= 15 is 0 Å². The highest BCUT2D eigenvalue weighted by Crippen LogP contribution is 2.31. The third kappa shape index (κ3) is 1.64. The highest BCUT2D eigenvalue weighted by atomic mass is 16.3. The van der Waals surface area contributed by atoms with Crippen molar-refractivity contribution in [3.63, 3.8) is 0 Å². The number of aliphatic hydroxyl groups is 1. The van der Waals surface area contributed by atoms with Gasteiger partial charge in [0, 0.05) is 12.6 Å². The lowest BCUT2D eigenvalue weighted by Crippen LogP contribution is -2.38. The third-order valence-corrected chi connectivity index (χ3v) is 3.47. The van der Waals surface area contributed by atoms with Gasteiger partial charge in [0.05, 0.1) is 0 Å². The van der Waals surface area contributed by atoms with Crippen LogP contribution in [-0.2, 0) is 0 Å². The first-order valence-corrected chi connectivity index (χ1v) is 5.25. The Morgan fingerprint density at radius 2 is 2.17 bits per heavy atom. The summed E-state index contributed by atoms with van der Waals surface area (Å²) in [5.41, 5.74) is 0. The van der Waals surface area contributed by atoms with Crippen molar-refractivity contribution in [2.24, 2.45) is 5.92 Å². The molecule has 0 aromatic rings. The number of aliphatic hydroxyl groups excluding tert-OH is 1. The van der Waals surface area contributed by atoms with E-state index in [4.69, 9.17) is 5.11 Å². The monoisotopic (exact) mass is 169 g/mol. The molecule has 0 radical (unpaired) electrons. The molecule has 0 amide bonds. The van der Waals surface area contributed by atoms with Crippen LogP contribution in [0.3, 0.4) is 0 Å². The van der Waals surface area contributed by atoms with E-state index in [1.54, 1.807) is 0 Å². The summed E-state index contributed by atoms with van der Waals surface area (Å²) < 4.78 is 0. The second-order valence-corrected chi connectivity index (χ2v) is 4.23. The van der Waals surface area contributed by atoms with E-state index in [9.17, 15) is 0 Å². The first-order chi connectivity index (χ1) is 5.90. The number of piperidine rings is 1. The van der Waals surface area contributed by atoms with Crippen LogP contribution < -0.4 is 0 Å². The average molecular weight is 169 g/mol. The maximum atomic E-state index is 8.85. The van der Waals surface area contributed by atoms with Crippen molar-refractivity contribution >= 4 is 0 Å². The van der Waals surface area contributed by atoms with Crippen LogP contribution >= 0.6 is 0 Å². The zero-order valence-corrected chi connectivity index (χ0v) is 7.71. The molecule has 0 saturated carbocycles. The Hall–Kier alpha value is -0.0800. The summed E-state index contributed by atoms with van der Waals surface area (Å²) >= 11 is 0. The van der Waals surface area contributed by atoms with Crippen molar-refractivity contribution < 1.29 is 5.11 Å². The summed E-state index contributed by atoms with van der Waals surface area (Å²) in [6.45, 7) is 3.00. The van der Waals surface area contributed by atoms with E-state index < -0.39 is 0 Å². The fourth-order valence-electron chi connectivity index (χ4n) is 2.75. The van der Waals surface area contributed by atoms with Gasteiger partial charge >= 0.3 is 0 Å². The molecule has 2 atom stereocenters. The standard InChI is InChI=1S/C10H19NO/c12-7-4-9-3-6-11-5-1-2-10(11)8-9/h9-10,12H,1-8H2/t9-,10-/m0/s1. The molecule has 2 heterocycles. The van der Waals surface area contributed by atoms with E-state index in [2.05, 4.69) is 4.90 Å². The molecular weight excluding hydrogens is 150 g/mol. The Balaban J connectivity index is 1.84. The Bertz CT molecular complexity index is 149. The minimum absolute atomic E-state index is 0.386. The molecule has 2 heteroatoms. The second-order valence-electron chi connectivity index (χ2n) is 4.23. The van der Waals surface area contributed by atoms with Gasteiger partial charge in [-0.25, -0.2) is 0 Å². The maximum absolute atomic E-state index is 8.85. The van der Waals surface area contributed by atoms with E-state index in [1.165, 1.54) is 38.8 Å². The fourth-order valence-corrected chi connectivity index (χ4v) is 2.75. The Morgan fingerprint density at radius 3 is 3.00 bits per heavy atom. The van der Waals surface area contributed by atoms with Gasteiger partial charge in [0.2, 0.25) is 0 Å². The predicted molar refractivity (Wildman–Crippen MR) is 49.0 cm³/mol. The minimum Gasteiger partial charge on any atom is -0.396 e. The van der Waals surface area contributed by atoms with Gasteiger partial charge in [-0.05, 0) is 51.1 Å². The summed E-state index contributed by atoms with van der Waals surface area (Å²) in [5.74, 6) is 0.814. The maximum Gasteiger partial charge on any atom is 0.0433 e. The second kappa shape index (κ2) is 3.75. The van der Waals surface area contributed by atoms with Gasteiger partial charge in [-0.3, -0.25) is 0 Å². The summed E-state index contributed by atoms with van der Waals surface area (Å²) in [6, 6.07) is 0.871. The topological polar surface area (TPSA) is 23.5 Å². The number of hydrogen-bond acceptors (Lipinski definition) is 2. The van der Waals surface area contributed by atoms with E-state index in [1.807, 2.05) is 0 Å². The summed E-state index contributed by atoms with van der Waals surface area (Å²) in [7, 11) is 0. The van der Waals surface area contributed by atoms with Crippen LogP contribution in [0.4, 0.5) is 0 Å². The largest absolute Gasteiger partial charge is 0.396 e. The fraction of sp³-hybridized carbons (Fsp3) is 1.00. The molecule has 2 saturated heterocycles. The molecule has 0 spiro atoms. The third-order valence-electron chi connectivity index (χ3n) is 3.47. The lowest BCUT2D eigenvalue weighted by atomic mass is 9.89. The normalized spacial score (nSPS) is 36.8. The molecule has 12 heavy (non-hydrogen) atoms. The zero-order chi connectivity index (χ0) is 8.39. The van der Waals surface area contributed by atoms with Gasteiger partial charge in [0.1, 0.15) is 0 Å². The molecule has 2 nitrogen and oxygen atoms in total. The smallest absolute Gasteiger partial charge is 0.0433 e. The predicted octanol–water partition coefficient (Wildman–Crippen LogP) is 1.24. The molecule has 0 aromatic carbocycles. The lowest BCUT2D eigenvalue weighted by molar-refractivity contribution is 0.132. The highest BCUT2D eigenvalue weighted by Gasteiger charge is 2.30. The quantitative estimate of drug-likeness (QED) is 0.672. The molecule has 0 bridgehead atoms. The molecule has 1 N–H and O–H groups in total. The van der Waals surface area contributed by atoms with Crippen LogP contribution in [0.25, 0.3) is 0 Å². The van der Waals surface area contributed by atoms with Crippen LogP contribution in [0.1, 0.15) is 32.1 Å². The van der Waals surface area contributed by atoms with Crippen LogP contribution in [0.15, 0.2) is 0 Å². The number of hydrogen-bond donors (Lipinski definition) is 1. The van der Waals surface area contributed by atoms with E-state index in [0.717, 1.165) is 18.4 Å². The molecule has 70 valence electrons. The zero-order valence-electron chi connectivity index (χ0n) is 7.71. The van der Waals surface area contributed by atoms with Crippen molar-refractivity contribution in [1.82, 2.24) is 4.90 Å². The summed E-state index contributed by atoms with van der Waals surface area (Å²) in [5, 5.41) is 8.85. The van der Waals surface area contributed by atoms with Gasteiger partial charge < -0.3 is 10.0 Å². The van der Waals surface area contributed by atoms with Gasteiger partial charge in [-0.2, -0.15) is 0 Å². The minimum atomic E-state index is 0.386. The average Bonchev–Trinajstić information content (AvgIpc) is 2.51. The Labute approximate surface area is 74.6 Å². The SMILES string of the molecule is OCC[C@@H]1CCN2CCC[C@H]2C1. The first-order valence-electron chi connectivity index (χ1n) is 5.25. The number of fused-ring (bicyclic) bond motifs is 1. The Morgan fingerprint density at radius 1 is 1.25 bits per heavy atom. The van der Waals surface area contributed by atoms with Gasteiger partial charge in [0.25, 0.3) is 0 Å². The van der Waals surface area contributed by atoms with E-state index in [-0.39, 0.29) is 0 Å². The van der Waals surface area contributed by atoms with Crippen LogP contribution in [0.2, 0.25) is 0 Å². The van der Waals surface area contributed by atoms with Crippen molar-refractivity contribution in [3.8, 4) is 0 Å². The molecule has 0 aromatic heterocycles. The molecular formula is C10H19NO. The number of rotatable bonds is 2. The molecule has 2 fully saturated rings. The van der Waals surface area contributed by atoms with Gasteiger partial charge in [0.15, 0.2) is 0 Å². The summed E-state index contributed by atoms with van der Waals surface area (Å²) in [6.07, 6.45) is 6.50. The van der Waals surface area contributed by atoms with Crippen molar-refractivity contribution in [2.45, 2.75) is 38.1 Å². The van der Waals surface area contributed by atoms with Gasteiger partial charge in [-0.1, -0.05) is 0 Å². The first kappa shape index (κ1) is 8.52. The van der Waals surface area contributed by atoms with Crippen LogP contribution in [-0.4, -0.2) is 35.7 Å². The summed E-state index contributed by atoms with van der Waals surface area (Å²) in [4.78, 5) is 2.63. The molecule has 0 aliphatic carbocycles. The lowest BCUT2D eigenvalue weighted by Gasteiger charge is -2.34. The van der Waals surface area contributed by atoms with Crippen molar-refractivity contribution in [3.05, 3.63) is 0 Å².